The number of anilines is 2. The highest BCUT2D eigenvalue weighted by molar-refractivity contribution is 8.00. The summed E-state index contributed by atoms with van der Waals surface area (Å²) in [6.07, 6.45) is 0.258. The third-order valence-electron chi connectivity index (χ3n) is 3.66. The number of rotatable bonds is 7. The lowest BCUT2D eigenvalue weighted by Gasteiger charge is -2.08. The number of hydrogen-bond donors (Lipinski definition) is 2. The van der Waals surface area contributed by atoms with Gasteiger partial charge in [0.2, 0.25) is 11.8 Å². The number of aryl methyl sites for hydroxylation is 1. The molecule has 0 bridgehead atoms. The second kappa shape index (κ2) is 9.43. The van der Waals surface area contributed by atoms with Gasteiger partial charge in [-0.25, -0.2) is 0 Å². The van der Waals surface area contributed by atoms with Crippen LogP contribution in [0.2, 0.25) is 5.02 Å². The number of benzene rings is 2. The van der Waals surface area contributed by atoms with Crippen LogP contribution in [0, 0.1) is 6.92 Å². The van der Waals surface area contributed by atoms with E-state index in [4.69, 9.17) is 16.1 Å². The monoisotopic (exact) mass is 415 g/mol. The van der Waals surface area contributed by atoms with Gasteiger partial charge in [0.15, 0.2) is 5.82 Å². The third-order valence-corrected chi connectivity index (χ3v) is 4.91. The fraction of sp³-hybridized carbons (Fsp3) is 0.150. The minimum Gasteiger partial charge on any atom is -0.360 e. The van der Waals surface area contributed by atoms with Crippen molar-refractivity contribution < 1.29 is 14.1 Å². The van der Waals surface area contributed by atoms with Gasteiger partial charge in [-0.3, -0.25) is 9.59 Å². The Bertz CT molecular complexity index is 973. The standard InChI is InChI=1S/C20H18ClN3O3S/c1-13-9-18(24-27-13)23-20(26)12-28-17-4-2-3-16(11-17)22-19(25)10-14-5-7-15(21)8-6-14/h2-9,11H,10,12H2,1H3,(H,22,25)(H,23,24,26). The van der Waals surface area contributed by atoms with E-state index in [1.807, 2.05) is 36.4 Å². The average Bonchev–Trinajstić information content (AvgIpc) is 3.07. The zero-order valence-electron chi connectivity index (χ0n) is 15.1. The molecule has 0 unspecified atom stereocenters. The zero-order chi connectivity index (χ0) is 19.9. The molecule has 2 N–H and O–H groups in total. The number of nitrogens with one attached hydrogen (secondary N) is 2. The van der Waals surface area contributed by atoms with E-state index in [9.17, 15) is 9.59 Å². The quantitative estimate of drug-likeness (QED) is 0.553. The van der Waals surface area contributed by atoms with Crippen LogP contribution in [-0.2, 0) is 16.0 Å². The van der Waals surface area contributed by atoms with E-state index in [2.05, 4.69) is 15.8 Å². The van der Waals surface area contributed by atoms with Crippen molar-refractivity contribution in [2.24, 2.45) is 0 Å². The lowest BCUT2D eigenvalue weighted by atomic mass is 10.1. The smallest absolute Gasteiger partial charge is 0.235 e. The molecule has 0 spiro atoms. The molecule has 0 fully saturated rings. The minimum atomic E-state index is -0.185. The van der Waals surface area contributed by atoms with Crippen LogP contribution < -0.4 is 10.6 Å². The van der Waals surface area contributed by atoms with E-state index in [-0.39, 0.29) is 24.0 Å². The van der Waals surface area contributed by atoms with Crippen molar-refractivity contribution in [3.05, 3.63) is 70.9 Å². The molecule has 2 amide bonds. The van der Waals surface area contributed by atoms with Crippen LogP contribution in [-0.4, -0.2) is 22.7 Å². The predicted molar refractivity (Wildman–Crippen MR) is 111 cm³/mol. The first kappa shape index (κ1) is 20.0. The van der Waals surface area contributed by atoms with Crippen molar-refractivity contribution in [3.8, 4) is 0 Å². The number of hydrogen-bond acceptors (Lipinski definition) is 5. The molecule has 3 aromatic rings. The molecule has 0 radical (unpaired) electrons. The van der Waals surface area contributed by atoms with Crippen molar-refractivity contribution in [1.82, 2.24) is 5.16 Å². The van der Waals surface area contributed by atoms with Crippen LogP contribution in [0.3, 0.4) is 0 Å². The Balaban J connectivity index is 1.51. The molecule has 6 nitrogen and oxygen atoms in total. The second-order valence-electron chi connectivity index (χ2n) is 6.04. The van der Waals surface area contributed by atoms with Crippen LogP contribution >= 0.6 is 23.4 Å². The second-order valence-corrected chi connectivity index (χ2v) is 7.52. The lowest BCUT2D eigenvalue weighted by molar-refractivity contribution is -0.115. The SMILES string of the molecule is Cc1cc(NC(=O)CSc2cccc(NC(=O)Cc3ccc(Cl)cc3)c2)no1. The van der Waals surface area contributed by atoms with E-state index >= 15 is 0 Å². The zero-order valence-corrected chi connectivity index (χ0v) is 16.6. The summed E-state index contributed by atoms with van der Waals surface area (Å²) in [5.74, 6) is 0.934. The van der Waals surface area contributed by atoms with Gasteiger partial charge in [0, 0.05) is 21.7 Å². The molecule has 28 heavy (non-hydrogen) atoms. The first-order valence-corrected chi connectivity index (χ1v) is 9.84. The molecule has 1 aromatic heterocycles. The summed E-state index contributed by atoms with van der Waals surface area (Å²) < 4.78 is 4.91. The van der Waals surface area contributed by atoms with Crippen LogP contribution in [0.15, 0.2) is 64.0 Å². The van der Waals surface area contributed by atoms with Gasteiger partial charge < -0.3 is 15.2 Å². The highest BCUT2D eigenvalue weighted by Crippen LogP contribution is 2.22. The first-order valence-electron chi connectivity index (χ1n) is 8.48. The maximum atomic E-state index is 12.2. The van der Waals surface area contributed by atoms with E-state index in [1.54, 1.807) is 25.1 Å². The van der Waals surface area contributed by atoms with Gasteiger partial charge in [0.25, 0.3) is 0 Å². The molecule has 0 aliphatic carbocycles. The molecule has 8 heteroatoms. The van der Waals surface area contributed by atoms with Crippen molar-refractivity contribution in [2.75, 3.05) is 16.4 Å². The molecule has 0 atom stereocenters. The largest absolute Gasteiger partial charge is 0.360 e. The van der Waals surface area contributed by atoms with Gasteiger partial charge in [-0.15, -0.1) is 11.8 Å². The maximum Gasteiger partial charge on any atom is 0.235 e. The molecular formula is C20H18ClN3O3S. The third kappa shape index (κ3) is 6.14. The summed E-state index contributed by atoms with van der Waals surface area (Å²) in [6.45, 7) is 1.75. The maximum absolute atomic E-state index is 12.2. The lowest BCUT2D eigenvalue weighted by Crippen LogP contribution is -2.15. The molecule has 144 valence electrons. The number of carbonyl (C=O) groups is 2. The Morgan fingerprint density at radius 3 is 2.57 bits per heavy atom. The fourth-order valence-corrected chi connectivity index (χ4v) is 3.29. The van der Waals surface area contributed by atoms with Crippen molar-refractivity contribution in [1.29, 1.82) is 0 Å². The van der Waals surface area contributed by atoms with Gasteiger partial charge in [-0.1, -0.05) is 35.0 Å². The Morgan fingerprint density at radius 1 is 1.07 bits per heavy atom. The summed E-state index contributed by atoms with van der Waals surface area (Å²) in [7, 11) is 0. The van der Waals surface area contributed by atoms with Gasteiger partial charge in [-0.2, -0.15) is 0 Å². The van der Waals surface area contributed by atoms with Gasteiger partial charge in [0.1, 0.15) is 5.76 Å². The summed E-state index contributed by atoms with van der Waals surface area (Å²) in [6, 6.07) is 16.2. The first-order chi connectivity index (χ1) is 13.5. The fourth-order valence-electron chi connectivity index (χ4n) is 2.41. The van der Waals surface area contributed by atoms with Gasteiger partial charge in [-0.05, 0) is 42.8 Å². The van der Waals surface area contributed by atoms with Crippen LogP contribution in [0.1, 0.15) is 11.3 Å². The summed E-state index contributed by atoms with van der Waals surface area (Å²) >= 11 is 7.22. The highest BCUT2D eigenvalue weighted by Gasteiger charge is 2.08. The Labute approximate surface area is 171 Å². The van der Waals surface area contributed by atoms with E-state index in [0.717, 1.165) is 10.5 Å². The molecule has 0 saturated heterocycles. The van der Waals surface area contributed by atoms with E-state index in [0.29, 0.717) is 22.3 Å². The molecule has 0 aliphatic heterocycles. The number of nitrogens with zero attached hydrogens (tertiary/aromatic N) is 1. The predicted octanol–water partition coefficient (Wildman–Crippen LogP) is 4.55. The van der Waals surface area contributed by atoms with Gasteiger partial charge in [0.05, 0.1) is 12.2 Å². The van der Waals surface area contributed by atoms with E-state index in [1.165, 1.54) is 11.8 Å². The molecule has 0 aliphatic rings. The number of aromatic nitrogens is 1. The number of carbonyl (C=O) groups excluding carboxylic acids is 2. The van der Waals surface area contributed by atoms with Crippen molar-refractivity contribution in [3.63, 3.8) is 0 Å². The normalized spacial score (nSPS) is 10.5. The Morgan fingerprint density at radius 2 is 1.86 bits per heavy atom. The van der Waals surface area contributed by atoms with Crippen LogP contribution in [0.5, 0.6) is 0 Å². The average molecular weight is 416 g/mol. The number of halogens is 1. The van der Waals surface area contributed by atoms with E-state index < -0.39 is 0 Å². The van der Waals surface area contributed by atoms with Crippen LogP contribution in [0.25, 0.3) is 0 Å². The molecule has 0 saturated carbocycles. The van der Waals surface area contributed by atoms with Crippen molar-refractivity contribution in [2.45, 2.75) is 18.2 Å². The molecule has 2 aromatic carbocycles. The summed E-state index contributed by atoms with van der Waals surface area (Å²) in [5.41, 5.74) is 1.56. The number of amides is 2. The van der Waals surface area contributed by atoms with Crippen molar-refractivity contribution >= 4 is 46.7 Å². The highest BCUT2D eigenvalue weighted by atomic mass is 35.5. The Kier molecular flexibility index (Phi) is 6.73. The van der Waals surface area contributed by atoms with Gasteiger partial charge >= 0.3 is 0 Å². The minimum absolute atomic E-state index is 0.122. The topological polar surface area (TPSA) is 84.2 Å². The number of thioether (sulfide) groups is 1. The molecule has 1 heterocycles. The molecule has 3 rings (SSSR count). The Hall–Kier alpha value is -2.77. The van der Waals surface area contributed by atoms with Crippen LogP contribution in [0.4, 0.5) is 11.5 Å². The summed E-state index contributed by atoms with van der Waals surface area (Å²) in [5, 5.41) is 9.90. The molecular weight excluding hydrogens is 398 g/mol. The summed E-state index contributed by atoms with van der Waals surface area (Å²) in [4.78, 5) is 25.1.